The van der Waals surface area contributed by atoms with Gasteiger partial charge in [0.25, 0.3) is 0 Å². The minimum absolute atomic E-state index is 0.264. The van der Waals surface area contributed by atoms with Crippen LogP contribution in [0.1, 0.15) is 11.4 Å². The van der Waals surface area contributed by atoms with E-state index in [0.717, 1.165) is 28.6 Å². The number of nitrogens with one attached hydrogen (secondary N) is 1. The van der Waals surface area contributed by atoms with Gasteiger partial charge in [0, 0.05) is 0 Å². The van der Waals surface area contributed by atoms with Crippen LogP contribution in [-0.4, -0.2) is 21.6 Å². The van der Waals surface area contributed by atoms with Crippen molar-refractivity contribution in [1.29, 1.82) is 0 Å². The molecule has 0 spiro atoms. The standard InChI is InChI=1S/C17H15N3O3S/c24-17-19-18-16(10-21-13-4-2-1-3-5-13)20(17)9-12-6-7-14-15(8-12)23-11-22-14/h1-8H,9-11H2,(H,19,24). The summed E-state index contributed by atoms with van der Waals surface area (Å²) in [6.45, 7) is 1.18. The predicted octanol–water partition coefficient (Wildman–Crippen LogP) is 3.30. The van der Waals surface area contributed by atoms with Gasteiger partial charge >= 0.3 is 0 Å². The lowest BCUT2D eigenvalue weighted by molar-refractivity contribution is 0.174. The molecule has 122 valence electrons. The zero-order valence-corrected chi connectivity index (χ0v) is 13.6. The van der Waals surface area contributed by atoms with Crippen LogP contribution in [-0.2, 0) is 13.2 Å². The van der Waals surface area contributed by atoms with Crippen molar-refractivity contribution in [3.8, 4) is 17.2 Å². The van der Waals surface area contributed by atoms with Crippen molar-refractivity contribution in [3.05, 3.63) is 64.7 Å². The zero-order valence-electron chi connectivity index (χ0n) is 12.8. The third-order valence-corrected chi connectivity index (χ3v) is 4.04. The largest absolute Gasteiger partial charge is 0.486 e. The van der Waals surface area contributed by atoms with Crippen LogP contribution in [0.4, 0.5) is 0 Å². The second-order valence-electron chi connectivity index (χ2n) is 5.32. The molecule has 4 rings (SSSR count). The molecule has 0 fully saturated rings. The molecule has 0 bridgehead atoms. The Morgan fingerprint density at radius 1 is 1.12 bits per heavy atom. The number of para-hydroxylation sites is 1. The summed E-state index contributed by atoms with van der Waals surface area (Å²) < 4.78 is 19.0. The Morgan fingerprint density at radius 3 is 2.83 bits per heavy atom. The van der Waals surface area contributed by atoms with E-state index in [1.807, 2.05) is 53.1 Å². The fourth-order valence-corrected chi connectivity index (χ4v) is 2.73. The van der Waals surface area contributed by atoms with Gasteiger partial charge in [-0.2, -0.15) is 5.10 Å². The molecule has 6 nitrogen and oxygen atoms in total. The summed E-state index contributed by atoms with van der Waals surface area (Å²) in [5.74, 6) is 3.05. The molecule has 2 heterocycles. The van der Waals surface area contributed by atoms with Crippen LogP contribution in [0.5, 0.6) is 17.2 Å². The van der Waals surface area contributed by atoms with Crippen LogP contribution in [0, 0.1) is 4.77 Å². The minimum atomic E-state index is 0.264. The average Bonchev–Trinajstić information content (AvgIpc) is 3.21. The topological polar surface area (TPSA) is 61.3 Å². The lowest BCUT2D eigenvalue weighted by Gasteiger charge is -2.09. The summed E-state index contributed by atoms with van der Waals surface area (Å²) >= 11 is 5.34. The predicted molar refractivity (Wildman–Crippen MR) is 89.9 cm³/mol. The molecular formula is C17H15N3O3S. The summed E-state index contributed by atoms with van der Waals surface area (Å²) in [7, 11) is 0. The highest BCUT2D eigenvalue weighted by Gasteiger charge is 2.14. The number of fused-ring (bicyclic) bond motifs is 1. The minimum Gasteiger partial charge on any atom is -0.486 e. The van der Waals surface area contributed by atoms with Crippen LogP contribution in [0.25, 0.3) is 0 Å². The second-order valence-corrected chi connectivity index (χ2v) is 5.71. The fourth-order valence-electron chi connectivity index (χ4n) is 2.51. The van der Waals surface area contributed by atoms with Gasteiger partial charge in [-0.1, -0.05) is 24.3 Å². The molecule has 3 aromatic rings. The normalized spacial score (nSPS) is 12.3. The Labute approximate surface area is 143 Å². The summed E-state index contributed by atoms with van der Waals surface area (Å²) in [5, 5.41) is 7.09. The van der Waals surface area contributed by atoms with E-state index < -0.39 is 0 Å². The Hall–Kier alpha value is -2.80. The molecule has 1 aromatic heterocycles. The average molecular weight is 341 g/mol. The molecule has 1 aliphatic heterocycles. The molecule has 1 N–H and O–H groups in total. The van der Waals surface area contributed by atoms with Crippen molar-refractivity contribution in [3.63, 3.8) is 0 Å². The molecule has 1 aliphatic rings. The van der Waals surface area contributed by atoms with Crippen molar-refractivity contribution in [2.75, 3.05) is 6.79 Å². The maximum atomic E-state index is 5.76. The van der Waals surface area contributed by atoms with Crippen molar-refractivity contribution in [1.82, 2.24) is 14.8 Å². The number of hydrogen-bond acceptors (Lipinski definition) is 5. The smallest absolute Gasteiger partial charge is 0.231 e. The number of benzene rings is 2. The highest BCUT2D eigenvalue weighted by Crippen LogP contribution is 2.32. The number of H-pyrrole nitrogens is 1. The first-order valence-corrected chi connectivity index (χ1v) is 7.91. The van der Waals surface area contributed by atoms with E-state index in [4.69, 9.17) is 26.4 Å². The molecule has 24 heavy (non-hydrogen) atoms. The molecule has 0 amide bonds. The fraction of sp³-hybridized carbons (Fsp3) is 0.176. The van der Waals surface area contributed by atoms with Crippen LogP contribution >= 0.6 is 12.2 Å². The van der Waals surface area contributed by atoms with E-state index in [1.165, 1.54) is 0 Å². The molecule has 0 atom stereocenters. The number of rotatable bonds is 5. The quantitative estimate of drug-likeness (QED) is 0.722. The summed E-state index contributed by atoms with van der Waals surface area (Å²) in [6, 6.07) is 15.5. The van der Waals surface area contributed by atoms with E-state index in [2.05, 4.69) is 10.2 Å². The highest BCUT2D eigenvalue weighted by atomic mass is 32.1. The van der Waals surface area contributed by atoms with Gasteiger partial charge in [-0.15, -0.1) is 0 Å². The van der Waals surface area contributed by atoms with Gasteiger partial charge in [0.2, 0.25) is 6.79 Å². The highest BCUT2D eigenvalue weighted by molar-refractivity contribution is 7.71. The SMILES string of the molecule is S=c1[nH]nc(COc2ccccc2)n1Cc1ccc2c(c1)OCO2. The summed E-state index contributed by atoms with van der Waals surface area (Å²) in [4.78, 5) is 0. The number of aromatic amines is 1. The van der Waals surface area contributed by atoms with E-state index >= 15 is 0 Å². The van der Waals surface area contributed by atoms with Gasteiger partial charge in [0.15, 0.2) is 22.1 Å². The van der Waals surface area contributed by atoms with Crippen LogP contribution in [0.3, 0.4) is 0 Å². The number of aromatic nitrogens is 3. The van der Waals surface area contributed by atoms with Gasteiger partial charge in [-0.05, 0) is 42.0 Å². The van der Waals surface area contributed by atoms with Crippen molar-refractivity contribution >= 4 is 12.2 Å². The molecule has 7 heteroatoms. The van der Waals surface area contributed by atoms with E-state index in [-0.39, 0.29) is 6.79 Å². The van der Waals surface area contributed by atoms with E-state index in [0.29, 0.717) is 17.9 Å². The Kier molecular flexibility index (Phi) is 3.92. The number of hydrogen-bond donors (Lipinski definition) is 1. The molecule has 2 aromatic carbocycles. The lowest BCUT2D eigenvalue weighted by atomic mass is 10.2. The first kappa shape index (κ1) is 14.8. The molecule has 0 saturated carbocycles. The van der Waals surface area contributed by atoms with E-state index in [1.54, 1.807) is 0 Å². The monoisotopic (exact) mass is 341 g/mol. The third kappa shape index (κ3) is 2.98. The first-order valence-electron chi connectivity index (χ1n) is 7.50. The molecular weight excluding hydrogens is 326 g/mol. The molecule has 0 aliphatic carbocycles. The van der Waals surface area contributed by atoms with Gasteiger partial charge < -0.3 is 14.2 Å². The second kappa shape index (κ2) is 6.37. The first-order chi connectivity index (χ1) is 11.8. The Balaban J connectivity index is 1.53. The Bertz CT molecular complexity index is 905. The van der Waals surface area contributed by atoms with Crippen LogP contribution in [0.2, 0.25) is 0 Å². The lowest BCUT2D eigenvalue weighted by Crippen LogP contribution is -2.08. The molecule has 0 unspecified atom stereocenters. The Morgan fingerprint density at radius 2 is 1.96 bits per heavy atom. The van der Waals surface area contributed by atoms with Gasteiger partial charge in [0.05, 0.1) is 6.54 Å². The number of ether oxygens (including phenoxy) is 3. The van der Waals surface area contributed by atoms with E-state index in [9.17, 15) is 0 Å². The van der Waals surface area contributed by atoms with Crippen LogP contribution < -0.4 is 14.2 Å². The summed E-state index contributed by atoms with van der Waals surface area (Å²) in [6.07, 6.45) is 0. The number of nitrogens with zero attached hydrogens (tertiary/aromatic N) is 2. The summed E-state index contributed by atoms with van der Waals surface area (Å²) in [5.41, 5.74) is 1.05. The molecule has 0 radical (unpaired) electrons. The van der Waals surface area contributed by atoms with Crippen LogP contribution in [0.15, 0.2) is 48.5 Å². The maximum Gasteiger partial charge on any atom is 0.231 e. The zero-order chi connectivity index (χ0) is 16.4. The van der Waals surface area contributed by atoms with Crippen molar-refractivity contribution < 1.29 is 14.2 Å². The van der Waals surface area contributed by atoms with Gasteiger partial charge in [0.1, 0.15) is 12.4 Å². The third-order valence-electron chi connectivity index (χ3n) is 3.73. The van der Waals surface area contributed by atoms with Crippen molar-refractivity contribution in [2.24, 2.45) is 0 Å². The molecule has 0 saturated heterocycles. The van der Waals surface area contributed by atoms with Crippen molar-refractivity contribution in [2.45, 2.75) is 13.2 Å². The van der Waals surface area contributed by atoms with Gasteiger partial charge in [-0.25, -0.2) is 0 Å². The van der Waals surface area contributed by atoms with Gasteiger partial charge in [-0.3, -0.25) is 9.67 Å². The maximum absolute atomic E-state index is 5.76.